The molecule has 1 unspecified atom stereocenters. The highest BCUT2D eigenvalue weighted by Crippen LogP contribution is 2.16. The molecule has 3 aromatic rings. The highest BCUT2D eigenvalue weighted by molar-refractivity contribution is 5.99. The summed E-state index contributed by atoms with van der Waals surface area (Å²) < 4.78 is 4.85. The van der Waals surface area contributed by atoms with Crippen molar-refractivity contribution in [3.63, 3.8) is 0 Å². The summed E-state index contributed by atoms with van der Waals surface area (Å²) in [6, 6.07) is 23.6. The number of benzene rings is 3. The van der Waals surface area contributed by atoms with Crippen molar-refractivity contribution in [3.05, 3.63) is 108 Å². The maximum Gasteiger partial charge on any atom is 0.328 e. The Morgan fingerprint density at radius 3 is 1.82 bits per heavy atom. The van der Waals surface area contributed by atoms with Gasteiger partial charge in [0.25, 0.3) is 5.91 Å². The van der Waals surface area contributed by atoms with E-state index in [1.165, 1.54) is 7.11 Å². The quantitative estimate of drug-likeness (QED) is 0.340. The van der Waals surface area contributed by atoms with Gasteiger partial charge in [-0.25, -0.2) is 4.79 Å². The molecule has 8 heteroatoms. The lowest BCUT2D eigenvalue weighted by Gasteiger charge is -2.26. The van der Waals surface area contributed by atoms with E-state index in [-0.39, 0.29) is 12.3 Å². The zero-order valence-corrected chi connectivity index (χ0v) is 21.7. The van der Waals surface area contributed by atoms with E-state index in [1.54, 1.807) is 68.4 Å². The first-order valence-electron chi connectivity index (χ1n) is 12.4. The van der Waals surface area contributed by atoms with E-state index in [4.69, 9.17) is 4.74 Å². The number of hydrogen-bond donors (Lipinski definition) is 3. The lowest BCUT2D eigenvalue weighted by Crippen LogP contribution is -2.55. The van der Waals surface area contributed by atoms with Crippen molar-refractivity contribution in [1.29, 1.82) is 0 Å². The summed E-state index contributed by atoms with van der Waals surface area (Å²) in [6.45, 7) is 3.58. The van der Waals surface area contributed by atoms with Crippen molar-refractivity contribution in [2.24, 2.45) is 5.92 Å². The molecule has 0 radical (unpaired) electrons. The summed E-state index contributed by atoms with van der Waals surface area (Å²) in [5, 5.41) is 8.31. The molecule has 3 N–H and O–H groups in total. The Balaban J connectivity index is 1.88. The lowest BCUT2D eigenvalue weighted by atomic mass is 10.0. The van der Waals surface area contributed by atoms with Crippen LogP contribution in [0.1, 0.15) is 41.4 Å². The third kappa shape index (κ3) is 7.77. The van der Waals surface area contributed by atoms with E-state index in [9.17, 15) is 19.2 Å². The van der Waals surface area contributed by atoms with Gasteiger partial charge in [0.2, 0.25) is 11.8 Å². The van der Waals surface area contributed by atoms with Gasteiger partial charge in [0.15, 0.2) is 0 Å². The van der Waals surface area contributed by atoms with Gasteiger partial charge in [0, 0.05) is 12.0 Å². The first-order chi connectivity index (χ1) is 18.3. The molecule has 0 saturated carbocycles. The molecule has 0 saturated heterocycles. The third-order valence-electron chi connectivity index (χ3n) is 6.04. The number of ether oxygens (including phenoxy) is 1. The van der Waals surface area contributed by atoms with Gasteiger partial charge in [-0.05, 0) is 29.2 Å². The van der Waals surface area contributed by atoms with Crippen LogP contribution in [-0.4, -0.2) is 42.9 Å². The smallest absolute Gasteiger partial charge is 0.328 e. The number of esters is 1. The summed E-state index contributed by atoms with van der Waals surface area (Å²) in [4.78, 5) is 52.2. The molecule has 0 fully saturated rings. The number of carbonyl (C=O) groups is 4. The molecule has 0 aliphatic rings. The molecule has 38 heavy (non-hydrogen) atoms. The molecule has 0 aliphatic heterocycles. The van der Waals surface area contributed by atoms with Gasteiger partial charge in [-0.15, -0.1) is 0 Å². The van der Waals surface area contributed by atoms with E-state index >= 15 is 0 Å². The minimum Gasteiger partial charge on any atom is -0.467 e. The second-order valence-corrected chi connectivity index (χ2v) is 9.19. The standard InChI is InChI=1S/C30H33N3O5/c1-20(2)25(30(37)38-3)32-28(35)24(19-21-13-7-4-8-14-21)31-29(36)26(22-15-9-5-10-16-22)33-27(34)23-17-11-6-12-18-23/h4-18,20,24-26H,19H2,1-3H3,(H,31,36)(H,32,35)(H,33,34)/t24-,25-,26?/m0/s1. The highest BCUT2D eigenvalue weighted by atomic mass is 16.5. The van der Waals surface area contributed by atoms with Crippen LogP contribution in [0.2, 0.25) is 0 Å². The van der Waals surface area contributed by atoms with Crippen molar-refractivity contribution in [1.82, 2.24) is 16.0 Å². The number of nitrogens with one attached hydrogen (secondary N) is 3. The molecule has 3 atom stereocenters. The van der Waals surface area contributed by atoms with Gasteiger partial charge in [-0.3, -0.25) is 14.4 Å². The largest absolute Gasteiger partial charge is 0.467 e. The van der Waals surface area contributed by atoms with Crippen molar-refractivity contribution in [3.8, 4) is 0 Å². The van der Waals surface area contributed by atoms with Crippen LogP contribution in [0.4, 0.5) is 0 Å². The Morgan fingerprint density at radius 2 is 1.26 bits per heavy atom. The maximum atomic E-state index is 13.6. The van der Waals surface area contributed by atoms with Gasteiger partial charge in [-0.2, -0.15) is 0 Å². The van der Waals surface area contributed by atoms with Crippen molar-refractivity contribution in [2.75, 3.05) is 7.11 Å². The number of rotatable bonds is 11. The molecule has 0 spiro atoms. The van der Waals surface area contributed by atoms with Crippen molar-refractivity contribution >= 4 is 23.7 Å². The predicted molar refractivity (Wildman–Crippen MR) is 144 cm³/mol. The molecule has 0 aromatic heterocycles. The van der Waals surface area contributed by atoms with E-state index in [2.05, 4.69) is 16.0 Å². The first-order valence-corrected chi connectivity index (χ1v) is 12.4. The summed E-state index contributed by atoms with van der Waals surface area (Å²) in [6.07, 6.45) is 0.179. The molecule has 8 nitrogen and oxygen atoms in total. The fraction of sp³-hybridized carbons (Fsp3) is 0.267. The molecule has 3 amide bonds. The summed E-state index contributed by atoms with van der Waals surface area (Å²) >= 11 is 0. The molecule has 198 valence electrons. The van der Waals surface area contributed by atoms with Crippen LogP contribution < -0.4 is 16.0 Å². The molecular formula is C30H33N3O5. The first kappa shape index (κ1) is 28.1. The molecule has 0 aliphatic carbocycles. The van der Waals surface area contributed by atoms with Crippen LogP contribution in [0.3, 0.4) is 0 Å². The van der Waals surface area contributed by atoms with Crippen LogP contribution in [0.15, 0.2) is 91.0 Å². The molecule has 0 heterocycles. The average molecular weight is 516 g/mol. The number of carbonyl (C=O) groups excluding carboxylic acids is 4. The Kier molecular flexibility index (Phi) is 10.2. The van der Waals surface area contributed by atoms with Crippen LogP contribution >= 0.6 is 0 Å². The van der Waals surface area contributed by atoms with Gasteiger partial charge in [-0.1, -0.05) is 92.7 Å². The highest BCUT2D eigenvalue weighted by Gasteiger charge is 2.32. The Hall–Kier alpha value is -4.46. The fourth-order valence-electron chi connectivity index (χ4n) is 3.94. The molecule has 3 rings (SSSR count). The van der Waals surface area contributed by atoms with E-state index in [0.29, 0.717) is 11.1 Å². The van der Waals surface area contributed by atoms with Crippen LogP contribution in [0.5, 0.6) is 0 Å². The SMILES string of the molecule is COC(=O)[C@@H](NC(=O)[C@H](Cc1ccccc1)NC(=O)C(NC(=O)c1ccccc1)c1ccccc1)C(C)C. The Bertz CT molecular complexity index is 1220. The van der Waals surface area contributed by atoms with E-state index in [1.807, 2.05) is 36.4 Å². The Labute approximate surface area is 222 Å². The fourth-order valence-corrected chi connectivity index (χ4v) is 3.94. The van der Waals surface area contributed by atoms with Gasteiger partial charge in [0.1, 0.15) is 18.1 Å². The van der Waals surface area contributed by atoms with Gasteiger partial charge < -0.3 is 20.7 Å². The normalized spacial score (nSPS) is 13.1. The Morgan fingerprint density at radius 1 is 0.711 bits per heavy atom. The second kappa shape index (κ2) is 13.7. The van der Waals surface area contributed by atoms with Gasteiger partial charge in [0.05, 0.1) is 7.11 Å². The summed E-state index contributed by atoms with van der Waals surface area (Å²) in [7, 11) is 1.26. The minimum absolute atomic E-state index is 0.179. The molecule has 0 bridgehead atoms. The van der Waals surface area contributed by atoms with Crippen molar-refractivity contribution in [2.45, 2.75) is 38.4 Å². The summed E-state index contributed by atoms with van der Waals surface area (Å²) in [5.41, 5.74) is 1.78. The zero-order chi connectivity index (χ0) is 27.5. The van der Waals surface area contributed by atoms with Crippen LogP contribution in [0, 0.1) is 5.92 Å². The summed E-state index contributed by atoms with van der Waals surface area (Å²) in [5.74, 6) is -2.33. The predicted octanol–water partition coefficient (Wildman–Crippen LogP) is 3.20. The number of amides is 3. The van der Waals surface area contributed by atoms with Crippen molar-refractivity contribution < 1.29 is 23.9 Å². The number of methoxy groups -OCH3 is 1. The van der Waals surface area contributed by atoms with Crippen LogP contribution in [0.25, 0.3) is 0 Å². The minimum atomic E-state index is -1.06. The zero-order valence-electron chi connectivity index (χ0n) is 21.7. The molecular weight excluding hydrogens is 482 g/mol. The average Bonchev–Trinajstić information content (AvgIpc) is 2.94. The maximum absolute atomic E-state index is 13.6. The topological polar surface area (TPSA) is 114 Å². The van der Waals surface area contributed by atoms with E-state index < -0.39 is 41.8 Å². The lowest BCUT2D eigenvalue weighted by molar-refractivity contribution is -0.146. The van der Waals surface area contributed by atoms with E-state index in [0.717, 1.165) is 5.56 Å². The third-order valence-corrected chi connectivity index (χ3v) is 6.04. The monoisotopic (exact) mass is 515 g/mol. The van der Waals surface area contributed by atoms with Crippen LogP contribution in [-0.2, 0) is 25.5 Å². The molecule has 3 aromatic carbocycles. The second-order valence-electron chi connectivity index (χ2n) is 9.19. The van der Waals surface area contributed by atoms with Gasteiger partial charge >= 0.3 is 5.97 Å². The number of hydrogen-bond acceptors (Lipinski definition) is 5.